The topological polar surface area (TPSA) is 84.2 Å². The van der Waals surface area contributed by atoms with Crippen LogP contribution in [0.4, 0.5) is 30.6 Å². The van der Waals surface area contributed by atoms with E-state index in [2.05, 4.69) is 15.3 Å². The minimum atomic E-state index is -4.48. The summed E-state index contributed by atoms with van der Waals surface area (Å²) < 4.78 is 36.9. The lowest BCUT2D eigenvalue weighted by Gasteiger charge is -2.19. The lowest BCUT2D eigenvalue weighted by molar-refractivity contribution is -0.384. The van der Waals surface area contributed by atoms with Crippen molar-refractivity contribution in [2.24, 2.45) is 0 Å². The van der Waals surface area contributed by atoms with Crippen LogP contribution >= 0.6 is 0 Å². The summed E-state index contributed by atoms with van der Waals surface area (Å²) in [6.07, 6.45) is -3.60. The molecule has 0 atom stereocenters. The summed E-state index contributed by atoms with van der Waals surface area (Å²) in [6.45, 7) is 0.848. The van der Waals surface area contributed by atoms with Crippen LogP contribution in [0.25, 0.3) is 0 Å². The molecule has 7 nitrogen and oxygen atoms in total. The van der Waals surface area contributed by atoms with Crippen molar-refractivity contribution in [2.45, 2.75) is 13.1 Å². The number of nitrogens with one attached hydrogen (secondary N) is 1. The van der Waals surface area contributed by atoms with Gasteiger partial charge in [0.15, 0.2) is 0 Å². The Morgan fingerprint density at radius 3 is 2.63 bits per heavy atom. The Hall–Kier alpha value is -2.13. The van der Waals surface area contributed by atoms with Crippen LogP contribution in [0.5, 0.6) is 0 Å². The van der Waals surface area contributed by atoms with E-state index >= 15 is 0 Å². The van der Waals surface area contributed by atoms with E-state index in [4.69, 9.17) is 0 Å². The first-order valence-electron chi connectivity index (χ1n) is 5.27. The zero-order chi connectivity index (χ0) is 14.6. The SMILES string of the molecule is CCNc1ncc([N+](=O)[O-])c(N(C)CC(F)(F)F)n1. The Kier molecular flexibility index (Phi) is 4.46. The second kappa shape index (κ2) is 5.67. The second-order valence-electron chi connectivity index (χ2n) is 3.66. The van der Waals surface area contributed by atoms with Gasteiger partial charge in [-0.05, 0) is 6.92 Å². The van der Waals surface area contributed by atoms with Crippen molar-refractivity contribution in [2.75, 3.05) is 30.4 Å². The molecule has 0 bridgehead atoms. The van der Waals surface area contributed by atoms with E-state index < -0.39 is 23.3 Å². The third-order valence-electron chi connectivity index (χ3n) is 2.06. The summed E-state index contributed by atoms with van der Waals surface area (Å²) in [5, 5.41) is 13.4. The van der Waals surface area contributed by atoms with E-state index in [0.29, 0.717) is 11.4 Å². The predicted octanol–water partition coefficient (Wildman–Crippen LogP) is 1.82. The van der Waals surface area contributed by atoms with E-state index in [9.17, 15) is 23.3 Å². The fourth-order valence-electron chi connectivity index (χ4n) is 1.36. The lowest BCUT2D eigenvalue weighted by atomic mass is 10.4. The number of halogens is 3. The maximum absolute atomic E-state index is 12.3. The molecule has 0 aliphatic rings. The second-order valence-corrected chi connectivity index (χ2v) is 3.66. The van der Waals surface area contributed by atoms with E-state index in [1.165, 1.54) is 0 Å². The highest BCUT2D eigenvalue weighted by Crippen LogP contribution is 2.27. The summed E-state index contributed by atoms with van der Waals surface area (Å²) >= 11 is 0. The Labute approximate surface area is 106 Å². The Morgan fingerprint density at radius 2 is 2.16 bits per heavy atom. The van der Waals surface area contributed by atoms with Crippen LogP contribution in [-0.4, -0.2) is 41.2 Å². The highest BCUT2D eigenvalue weighted by Gasteiger charge is 2.32. The van der Waals surface area contributed by atoms with Gasteiger partial charge in [0.2, 0.25) is 11.8 Å². The monoisotopic (exact) mass is 279 g/mol. The van der Waals surface area contributed by atoms with Gasteiger partial charge >= 0.3 is 11.9 Å². The standard InChI is InChI=1S/C9H12F3N5O2/c1-3-13-8-14-4-6(17(18)19)7(15-8)16(2)5-9(10,11)12/h4H,3,5H2,1-2H3,(H,13,14,15). The first kappa shape index (κ1) is 14.9. The smallest absolute Gasteiger partial charge is 0.354 e. The molecule has 1 rings (SSSR count). The quantitative estimate of drug-likeness (QED) is 0.653. The van der Waals surface area contributed by atoms with Gasteiger partial charge in [-0.2, -0.15) is 18.2 Å². The highest BCUT2D eigenvalue weighted by molar-refractivity contribution is 5.58. The van der Waals surface area contributed by atoms with Gasteiger partial charge in [0.25, 0.3) is 0 Å². The molecule has 1 aromatic rings. The van der Waals surface area contributed by atoms with Gasteiger partial charge in [-0.15, -0.1) is 0 Å². The molecular weight excluding hydrogens is 267 g/mol. The number of alkyl halides is 3. The molecule has 0 aliphatic carbocycles. The summed E-state index contributed by atoms with van der Waals surface area (Å²) in [4.78, 5) is 18.0. The number of anilines is 2. The number of hydrogen-bond donors (Lipinski definition) is 1. The molecule has 0 spiro atoms. The third-order valence-corrected chi connectivity index (χ3v) is 2.06. The molecule has 0 unspecified atom stereocenters. The first-order valence-corrected chi connectivity index (χ1v) is 5.27. The lowest BCUT2D eigenvalue weighted by Crippen LogP contribution is -2.32. The van der Waals surface area contributed by atoms with E-state index in [-0.39, 0.29) is 11.8 Å². The Morgan fingerprint density at radius 1 is 1.53 bits per heavy atom. The van der Waals surface area contributed by atoms with Crippen LogP contribution in [0.3, 0.4) is 0 Å². The molecule has 19 heavy (non-hydrogen) atoms. The van der Waals surface area contributed by atoms with Crippen LogP contribution in [0.1, 0.15) is 6.92 Å². The van der Waals surface area contributed by atoms with Crippen LogP contribution in [-0.2, 0) is 0 Å². The van der Waals surface area contributed by atoms with Crippen LogP contribution in [0, 0.1) is 10.1 Å². The normalized spacial score (nSPS) is 11.2. The van der Waals surface area contributed by atoms with E-state index in [1.807, 2.05) is 0 Å². The molecule has 0 amide bonds. The van der Waals surface area contributed by atoms with Crippen molar-refractivity contribution in [3.8, 4) is 0 Å². The summed E-state index contributed by atoms with van der Waals surface area (Å²) in [5.74, 6) is -0.342. The minimum absolute atomic E-state index is 0.0390. The Bertz CT molecular complexity index is 466. The fraction of sp³-hybridized carbons (Fsp3) is 0.556. The molecule has 10 heteroatoms. The van der Waals surface area contributed by atoms with Crippen LogP contribution in [0.15, 0.2) is 6.20 Å². The average molecular weight is 279 g/mol. The molecule has 1 N–H and O–H groups in total. The third kappa shape index (κ3) is 4.23. The van der Waals surface area contributed by atoms with Crippen molar-refractivity contribution in [1.82, 2.24) is 9.97 Å². The fourth-order valence-corrected chi connectivity index (χ4v) is 1.36. The van der Waals surface area contributed by atoms with Crippen molar-refractivity contribution in [3.05, 3.63) is 16.3 Å². The zero-order valence-electron chi connectivity index (χ0n) is 10.2. The van der Waals surface area contributed by atoms with Crippen molar-refractivity contribution in [3.63, 3.8) is 0 Å². The number of rotatable bonds is 5. The molecule has 0 saturated heterocycles. The van der Waals surface area contributed by atoms with Crippen LogP contribution < -0.4 is 10.2 Å². The summed E-state index contributed by atoms with van der Waals surface area (Å²) in [7, 11) is 1.08. The molecule has 106 valence electrons. The number of nitrogens with zero attached hydrogens (tertiary/aromatic N) is 4. The molecule has 0 fully saturated rings. The number of nitro groups is 1. The number of aromatic nitrogens is 2. The molecule has 0 saturated carbocycles. The summed E-state index contributed by atoms with van der Waals surface area (Å²) in [5.41, 5.74) is -0.576. The molecule has 1 heterocycles. The van der Waals surface area contributed by atoms with Gasteiger partial charge in [0.1, 0.15) is 12.7 Å². The van der Waals surface area contributed by atoms with Gasteiger partial charge in [-0.25, -0.2) is 4.98 Å². The largest absolute Gasteiger partial charge is 0.405 e. The van der Waals surface area contributed by atoms with Crippen molar-refractivity contribution < 1.29 is 18.1 Å². The van der Waals surface area contributed by atoms with Gasteiger partial charge in [0, 0.05) is 13.6 Å². The maximum atomic E-state index is 12.3. The predicted molar refractivity (Wildman–Crippen MR) is 62.2 cm³/mol. The minimum Gasteiger partial charge on any atom is -0.354 e. The first-order chi connectivity index (χ1) is 8.74. The van der Waals surface area contributed by atoms with Gasteiger partial charge < -0.3 is 10.2 Å². The van der Waals surface area contributed by atoms with Crippen molar-refractivity contribution >= 4 is 17.5 Å². The zero-order valence-corrected chi connectivity index (χ0v) is 10.2. The van der Waals surface area contributed by atoms with Crippen LogP contribution in [0.2, 0.25) is 0 Å². The molecule has 1 aromatic heterocycles. The van der Waals surface area contributed by atoms with E-state index in [1.54, 1.807) is 6.92 Å². The molecule has 0 aliphatic heterocycles. The van der Waals surface area contributed by atoms with E-state index in [0.717, 1.165) is 13.2 Å². The maximum Gasteiger partial charge on any atom is 0.405 e. The Balaban J connectivity index is 3.13. The van der Waals surface area contributed by atoms with Gasteiger partial charge in [0.05, 0.1) is 4.92 Å². The highest BCUT2D eigenvalue weighted by atomic mass is 19.4. The van der Waals surface area contributed by atoms with Gasteiger partial charge in [-0.1, -0.05) is 0 Å². The summed E-state index contributed by atoms with van der Waals surface area (Å²) in [6, 6.07) is 0. The average Bonchev–Trinajstić information content (AvgIpc) is 2.26. The van der Waals surface area contributed by atoms with Gasteiger partial charge in [-0.3, -0.25) is 10.1 Å². The molecule has 0 aromatic carbocycles. The molecule has 0 radical (unpaired) electrons. The van der Waals surface area contributed by atoms with Crippen molar-refractivity contribution in [1.29, 1.82) is 0 Å². The molecular formula is C9H12F3N5O2. The number of hydrogen-bond acceptors (Lipinski definition) is 6.